The molecule has 3 rings (SSSR count). The van der Waals surface area contributed by atoms with Crippen LogP contribution in [0.2, 0.25) is 0 Å². The molecule has 2 amide bonds. The Bertz CT molecular complexity index is 374. The maximum Gasteiger partial charge on any atom is 0.320 e. The second kappa shape index (κ2) is 4.42. The van der Waals surface area contributed by atoms with Crippen molar-refractivity contribution < 1.29 is 14.7 Å². The highest BCUT2D eigenvalue weighted by Crippen LogP contribution is 2.32. The number of carboxylic acids is 1. The Morgan fingerprint density at radius 1 is 1.28 bits per heavy atom. The fourth-order valence-electron chi connectivity index (χ4n) is 3.42. The number of rotatable bonds is 2. The smallest absolute Gasteiger partial charge is 0.320 e. The van der Waals surface area contributed by atoms with E-state index in [-0.39, 0.29) is 24.0 Å². The first kappa shape index (κ1) is 11.8. The van der Waals surface area contributed by atoms with E-state index in [0.29, 0.717) is 12.8 Å². The molecule has 2 N–H and O–H groups in total. The first-order valence-corrected chi connectivity index (χ1v) is 6.67. The molecule has 18 heavy (non-hydrogen) atoms. The van der Waals surface area contributed by atoms with Gasteiger partial charge in [-0.1, -0.05) is 0 Å². The molecule has 100 valence electrons. The third kappa shape index (κ3) is 1.84. The number of amides is 2. The fraction of sp³-hybridized carbons (Fsp3) is 0.833. The summed E-state index contributed by atoms with van der Waals surface area (Å²) in [6, 6.07) is 0.511. The van der Waals surface area contributed by atoms with Crippen LogP contribution in [0.25, 0.3) is 0 Å². The summed E-state index contributed by atoms with van der Waals surface area (Å²) >= 11 is 0. The maximum atomic E-state index is 12.3. The van der Waals surface area contributed by atoms with Crippen LogP contribution in [0.15, 0.2) is 0 Å². The molecule has 0 spiro atoms. The van der Waals surface area contributed by atoms with Crippen LogP contribution in [0.4, 0.5) is 4.79 Å². The largest absolute Gasteiger partial charge is 0.481 e. The molecule has 2 heterocycles. The molecule has 0 radical (unpaired) electrons. The Kier molecular flexibility index (Phi) is 2.89. The molecule has 6 nitrogen and oxygen atoms in total. The number of nitrogens with one attached hydrogen (secondary N) is 1. The quantitative estimate of drug-likeness (QED) is 0.723. The van der Waals surface area contributed by atoms with E-state index in [1.807, 2.05) is 9.80 Å². The van der Waals surface area contributed by atoms with Gasteiger partial charge in [-0.15, -0.1) is 0 Å². The summed E-state index contributed by atoms with van der Waals surface area (Å²) in [5, 5.41) is 12.3. The molecule has 0 aromatic rings. The summed E-state index contributed by atoms with van der Waals surface area (Å²) in [6.07, 6.45) is 2.15. The number of hydrogen-bond donors (Lipinski definition) is 2. The zero-order chi connectivity index (χ0) is 12.7. The van der Waals surface area contributed by atoms with Crippen molar-refractivity contribution in [1.82, 2.24) is 15.1 Å². The van der Waals surface area contributed by atoms with Crippen LogP contribution in [-0.4, -0.2) is 65.2 Å². The normalized spacial score (nSPS) is 36.0. The van der Waals surface area contributed by atoms with Gasteiger partial charge in [0.1, 0.15) is 0 Å². The van der Waals surface area contributed by atoms with Crippen molar-refractivity contribution in [2.24, 2.45) is 5.92 Å². The first-order valence-electron chi connectivity index (χ1n) is 6.67. The van der Waals surface area contributed by atoms with E-state index < -0.39 is 5.97 Å². The highest BCUT2D eigenvalue weighted by Gasteiger charge is 2.44. The van der Waals surface area contributed by atoms with Gasteiger partial charge in [0.05, 0.1) is 12.0 Å². The molecular weight excluding hydrogens is 234 g/mol. The standard InChI is InChI=1S/C12H19N3O3/c16-11(17)8-1-2-9(5-8)15-7-10-6-13-3-4-14(10)12(15)18/h8-10,13H,1-7H2,(H,16,17). The lowest BCUT2D eigenvalue weighted by atomic mass is 10.1. The number of aliphatic carboxylic acids is 1. The maximum absolute atomic E-state index is 12.3. The molecule has 2 saturated heterocycles. The van der Waals surface area contributed by atoms with E-state index in [0.717, 1.165) is 32.6 Å². The van der Waals surface area contributed by atoms with Gasteiger partial charge in [-0.05, 0) is 19.3 Å². The van der Waals surface area contributed by atoms with Gasteiger partial charge < -0.3 is 20.2 Å². The Morgan fingerprint density at radius 3 is 2.78 bits per heavy atom. The topological polar surface area (TPSA) is 72.9 Å². The van der Waals surface area contributed by atoms with E-state index in [4.69, 9.17) is 5.11 Å². The monoisotopic (exact) mass is 253 g/mol. The van der Waals surface area contributed by atoms with Gasteiger partial charge in [0.25, 0.3) is 0 Å². The first-order chi connectivity index (χ1) is 8.66. The van der Waals surface area contributed by atoms with Crippen molar-refractivity contribution >= 4 is 12.0 Å². The average Bonchev–Trinajstić information content (AvgIpc) is 2.95. The highest BCUT2D eigenvalue weighted by atomic mass is 16.4. The average molecular weight is 253 g/mol. The van der Waals surface area contributed by atoms with Crippen molar-refractivity contribution in [2.45, 2.75) is 31.3 Å². The summed E-state index contributed by atoms with van der Waals surface area (Å²) in [7, 11) is 0. The lowest BCUT2D eigenvalue weighted by molar-refractivity contribution is -0.141. The van der Waals surface area contributed by atoms with Gasteiger partial charge in [0.2, 0.25) is 0 Å². The summed E-state index contributed by atoms with van der Waals surface area (Å²) < 4.78 is 0. The van der Waals surface area contributed by atoms with Gasteiger partial charge in [-0.25, -0.2) is 4.79 Å². The molecule has 6 heteroatoms. The van der Waals surface area contributed by atoms with Crippen LogP contribution in [0.3, 0.4) is 0 Å². The predicted octanol–water partition coefficient (Wildman–Crippen LogP) is -0.0509. The van der Waals surface area contributed by atoms with Crippen molar-refractivity contribution in [3.63, 3.8) is 0 Å². The van der Waals surface area contributed by atoms with Crippen LogP contribution in [0.1, 0.15) is 19.3 Å². The highest BCUT2D eigenvalue weighted by molar-refractivity contribution is 5.78. The zero-order valence-corrected chi connectivity index (χ0v) is 10.3. The molecule has 0 aromatic carbocycles. The lowest BCUT2D eigenvalue weighted by Gasteiger charge is -2.28. The van der Waals surface area contributed by atoms with Gasteiger partial charge in [-0.2, -0.15) is 0 Å². The molecule has 3 unspecified atom stereocenters. The van der Waals surface area contributed by atoms with E-state index in [1.165, 1.54) is 0 Å². The third-order valence-corrected chi connectivity index (χ3v) is 4.44. The second-order valence-electron chi connectivity index (χ2n) is 5.49. The van der Waals surface area contributed by atoms with Gasteiger partial charge in [-0.3, -0.25) is 4.79 Å². The minimum Gasteiger partial charge on any atom is -0.481 e. The SMILES string of the molecule is O=C(O)C1CCC(N2CC3CNCCN3C2=O)C1. The van der Waals surface area contributed by atoms with E-state index in [2.05, 4.69) is 5.32 Å². The predicted molar refractivity (Wildman–Crippen MR) is 64.2 cm³/mol. The second-order valence-corrected chi connectivity index (χ2v) is 5.49. The van der Waals surface area contributed by atoms with Crippen LogP contribution >= 0.6 is 0 Å². The van der Waals surface area contributed by atoms with Crippen LogP contribution in [0, 0.1) is 5.92 Å². The Hall–Kier alpha value is -1.30. The number of piperazine rings is 1. The molecule has 0 bridgehead atoms. The number of fused-ring (bicyclic) bond motifs is 1. The van der Waals surface area contributed by atoms with Crippen molar-refractivity contribution in [3.8, 4) is 0 Å². The fourth-order valence-corrected chi connectivity index (χ4v) is 3.42. The lowest BCUT2D eigenvalue weighted by Crippen LogP contribution is -2.50. The van der Waals surface area contributed by atoms with Crippen LogP contribution in [0.5, 0.6) is 0 Å². The van der Waals surface area contributed by atoms with Gasteiger partial charge >= 0.3 is 12.0 Å². The van der Waals surface area contributed by atoms with Crippen LogP contribution in [-0.2, 0) is 4.79 Å². The van der Waals surface area contributed by atoms with Crippen LogP contribution < -0.4 is 5.32 Å². The molecule has 3 atom stereocenters. The Balaban J connectivity index is 1.67. The molecular formula is C12H19N3O3. The number of carbonyl (C=O) groups excluding carboxylic acids is 1. The molecule has 3 aliphatic rings. The molecule has 1 saturated carbocycles. The molecule has 2 aliphatic heterocycles. The molecule has 1 aliphatic carbocycles. The molecule has 3 fully saturated rings. The zero-order valence-electron chi connectivity index (χ0n) is 10.3. The number of hydrogen-bond acceptors (Lipinski definition) is 3. The van der Waals surface area contributed by atoms with E-state index in [9.17, 15) is 9.59 Å². The number of urea groups is 1. The van der Waals surface area contributed by atoms with Crippen molar-refractivity contribution in [3.05, 3.63) is 0 Å². The number of carbonyl (C=O) groups is 2. The summed E-state index contributed by atoms with van der Waals surface area (Å²) in [5.41, 5.74) is 0. The summed E-state index contributed by atoms with van der Waals surface area (Å²) in [6.45, 7) is 3.24. The summed E-state index contributed by atoms with van der Waals surface area (Å²) in [4.78, 5) is 27.1. The Labute approximate surface area is 106 Å². The van der Waals surface area contributed by atoms with E-state index >= 15 is 0 Å². The molecule has 0 aromatic heterocycles. The van der Waals surface area contributed by atoms with E-state index in [1.54, 1.807) is 0 Å². The van der Waals surface area contributed by atoms with Crippen molar-refractivity contribution in [1.29, 1.82) is 0 Å². The number of carboxylic acid groups (broad SMARTS) is 1. The third-order valence-electron chi connectivity index (χ3n) is 4.44. The number of nitrogens with zero attached hydrogens (tertiary/aromatic N) is 2. The minimum atomic E-state index is -0.719. The Morgan fingerprint density at radius 2 is 2.11 bits per heavy atom. The van der Waals surface area contributed by atoms with Gasteiger partial charge in [0, 0.05) is 32.2 Å². The summed E-state index contributed by atoms with van der Waals surface area (Å²) in [5.74, 6) is -0.984. The van der Waals surface area contributed by atoms with Crippen molar-refractivity contribution in [2.75, 3.05) is 26.2 Å². The van der Waals surface area contributed by atoms with Gasteiger partial charge in [0.15, 0.2) is 0 Å². The minimum absolute atomic E-state index is 0.109.